The van der Waals surface area contributed by atoms with Crippen molar-refractivity contribution in [3.05, 3.63) is 30.3 Å². The van der Waals surface area contributed by atoms with Gasteiger partial charge < -0.3 is 5.32 Å². The van der Waals surface area contributed by atoms with E-state index < -0.39 is 0 Å². The lowest BCUT2D eigenvalue weighted by atomic mass is 10.1. The minimum atomic E-state index is 0.663. The molecule has 20 heavy (non-hydrogen) atoms. The molecule has 2 heteroatoms. The van der Waals surface area contributed by atoms with E-state index in [4.69, 9.17) is 0 Å². The summed E-state index contributed by atoms with van der Waals surface area (Å²) in [5.41, 5.74) is 0. The molecule has 1 rings (SSSR count). The molecule has 0 aliphatic carbocycles. The molecule has 0 aliphatic heterocycles. The molecule has 1 aromatic rings. The third kappa shape index (κ3) is 8.65. The van der Waals surface area contributed by atoms with E-state index in [0.29, 0.717) is 6.04 Å². The second kappa shape index (κ2) is 12.3. The fourth-order valence-electron chi connectivity index (χ4n) is 2.42. The molecule has 0 bridgehead atoms. The van der Waals surface area contributed by atoms with Crippen molar-refractivity contribution in [3.8, 4) is 0 Å². The SMILES string of the molecule is CCCCCCCCC(CSc1ccccc1)NCC. The molecule has 0 aliphatic rings. The van der Waals surface area contributed by atoms with E-state index in [1.54, 1.807) is 0 Å². The van der Waals surface area contributed by atoms with Crippen LogP contribution in [0.2, 0.25) is 0 Å². The maximum absolute atomic E-state index is 3.63. The molecule has 1 N–H and O–H groups in total. The van der Waals surface area contributed by atoms with Gasteiger partial charge in [0, 0.05) is 16.7 Å². The predicted octanol–water partition coefficient (Wildman–Crippen LogP) is 5.51. The van der Waals surface area contributed by atoms with Crippen molar-refractivity contribution in [1.82, 2.24) is 5.32 Å². The Balaban J connectivity index is 2.16. The van der Waals surface area contributed by atoms with E-state index in [0.717, 1.165) is 6.54 Å². The van der Waals surface area contributed by atoms with Crippen molar-refractivity contribution in [2.75, 3.05) is 12.3 Å². The Kier molecular flexibility index (Phi) is 10.8. The number of hydrogen-bond donors (Lipinski definition) is 1. The number of thioether (sulfide) groups is 1. The minimum Gasteiger partial charge on any atom is -0.313 e. The largest absolute Gasteiger partial charge is 0.313 e. The minimum absolute atomic E-state index is 0.663. The summed E-state index contributed by atoms with van der Waals surface area (Å²) in [4.78, 5) is 1.39. The van der Waals surface area contributed by atoms with E-state index in [-0.39, 0.29) is 0 Å². The summed E-state index contributed by atoms with van der Waals surface area (Å²) in [5.74, 6) is 1.19. The molecular formula is C18H31NS. The van der Waals surface area contributed by atoms with Gasteiger partial charge in [0.25, 0.3) is 0 Å². The first-order valence-electron chi connectivity index (χ1n) is 8.28. The first kappa shape index (κ1) is 17.6. The lowest BCUT2D eigenvalue weighted by molar-refractivity contribution is 0.494. The van der Waals surface area contributed by atoms with Gasteiger partial charge >= 0.3 is 0 Å². The van der Waals surface area contributed by atoms with Gasteiger partial charge in [-0.15, -0.1) is 11.8 Å². The second-order valence-electron chi connectivity index (χ2n) is 5.44. The van der Waals surface area contributed by atoms with Gasteiger partial charge in [0.05, 0.1) is 0 Å². The summed E-state index contributed by atoms with van der Waals surface area (Å²) in [7, 11) is 0. The summed E-state index contributed by atoms with van der Waals surface area (Å²) < 4.78 is 0. The van der Waals surface area contributed by atoms with Crippen molar-refractivity contribution in [1.29, 1.82) is 0 Å². The Morgan fingerprint density at radius 3 is 2.35 bits per heavy atom. The summed E-state index contributed by atoms with van der Waals surface area (Å²) >= 11 is 1.98. The average molecular weight is 294 g/mol. The van der Waals surface area contributed by atoms with Gasteiger partial charge in [-0.2, -0.15) is 0 Å². The highest BCUT2D eigenvalue weighted by molar-refractivity contribution is 7.99. The van der Waals surface area contributed by atoms with Crippen LogP contribution in [-0.4, -0.2) is 18.3 Å². The average Bonchev–Trinajstić information content (AvgIpc) is 2.49. The summed E-state index contributed by atoms with van der Waals surface area (Å²) in [6.07, 6.45) is 9.67. The van der Waals surface area contributed by atoms with Crippen LogP contribution < -0.4 is 5.32 Å². The van der Waals surface area contributed by atoms with Gasteiger partial charge in [-0.05, 0) is 25.1 Å². The highest BCUT2D eigenvalue weighted by Gasteiger charge is 2.07. The molecule has 0 heterocycles. The van der Waals surface area contributed by atoms with Crippen molar-refractivity contribution in [2.24, 2.45) is 0 Å². The monoisotopic (exact) mass is 293 g/mol. The second-order valence-corrected chi connectivity index (χ2v) is 6.53. The van der Waals surface area contributed by atoms with Gasteiger partial charge in [-0.3, -0.25) is 0 Å². The van der Waals surface area contributed by atoms with Crippen molar-refractivity contribution in [2.45, 2.75) is 69.7 Å². The molecule has 0 saturated carbocycles. The summed E-state index contributed by atoms with van der Waals surface area (Å²) in [5, 5.41) is 3.63. The van der Waals surface area contributed by atoms with E-state index in [1.807, 2.05) is 11.8 Å². The van der Waals surface area contributed by atoms with Gasteiger partial charge in [-0.25, -0.2) is 0 Å². The van der Waals surface area contributed by atoms with Crippen LogP contribution in [0, 0.1) is 0 Å². The quantitative estimate of drug-likeness (QED) is 0.403. The van der Waals surface area contributed by atoms with Crippen LogP contribution >= 0.6 is 11.8 Å². The zero-order chi connectivity index (χ0) is 14.5. The zero-order valence-electron chi connectivity index (χ0n) is 13.2. The molecule has 0 spiro atoms. The number of rotatable bonds is 12. The Morgan fingerprint density at radius 1 is 0.950 bits per heavy atom. The topological polar surface area (TPSA) is 12.0 Å². The van der Waals surface area contributed by atoms with Crippen LogP contribution in [0.1, 0.15) is 58.8 Å². The van der Waals surface area contributed by atoms with Gasteiger partial charge in [0.1, 0.15) is 0 Å². The first-order valence-corrected chi connectivity index (χ1v) is 9.26. The van der Waals surface area contributed by atoms with E-state index in [2.05, 4.69) is 49.5 Å². The number of nitrogens with one attached hydrogen (secondary N) is 1. The van der Waals surface area contributed by atoms with E-state index in [1.165, 1.54) is 55.6 Å². The predicted molar refractivity (Wildman–Crippen MR) is 92.6 cm³/mol. The highest BCUT2D eigenvalue weighted by Crippen LogP contribution is 2.20. The smallest absolute Gasteiger partial charge is 0.0161 e. The van der Waals surface area contributed by atoms with Crippen molar-refractivity contribution >= 4 is 11.8 Å². The van der Waals surface area contributed by atoms with Crippen molar-refractivity contribution in [3.63, 3.8) is 0 Å². The van der Waals surface area contributed by atoms with E-state index in [9.17, 15) is 0 Å². The third-order valence-corrected chi connectivity index (χ3v) is 4.77. The van der Waals surface area contributed by atoms with Gasteiger partial charge in [0.2, 0.25) is 0 Å². The first-order chi connectivity index (χ1) is 9.86. The maximum atomic E-state index is 3.63. The van der Waals surface area contributed by atoms with Crippen molar-refractivity contribution < 1.29 is 0 Å². The standard InChI is InChI=1S/C18H31NS/c1-3-5-6-7-8-10-13-17(19-4-2)16-20-18-14-11-9-12-15-18/h9,11-12,14-15,17,19H,3-8,10,13,16H2,1-2H3. The molecular weight excluding hydrogens is 262 g/mol. The van der Waals surface area contributed by atoms with E-state index >= 15 is 0 Å². The fourth-order valence-corrected chi connectivity index (χ4v) is 3.45. The van der Waals surface area contributed by atoms with Crippen LogP contribution in [0.15, 0.2) is 35.2 Å². The van der Waals surface area contributed by atoms with Crippen LogP contribution in [0.4, 0.5) is 0 Å². The van der Waals surface area contributed by atoms with Crippen LogP contribution in [-0.2, 0) is 0 Å². The highest BCUT2D eigenvalue weighted by atomic mass is 32.2. The number of unbranched alkanes of at least 4 members (excludes halogenated alkanes) is 5. The molecule has 1 atom stereocenters. The lowest BCUT2D eigenvalue weighted by Gasteiger charge is -2.17. The molecule has 114 valence electrons. The molecule has 1 aromatic carbocycles. The summed E-state index contributed by atoms with van der Waals surface area (Å²) in [6, 6.07) is 11.4. The van der Waals surface area contributed by atoms with Gasteiger partial charge in [0.15, 0.2) is 0 Å². The number of benzene rings is 1. The molecule has 1 unspecified atom stereocenters. The Bertz CT molecular complexity index is 312. The summed E-state index contributed by atoms with van der Waals surface area (Å²) in [6.45, 7) is 5.57. The molecule has 0 radical (unpaired) electrons. The Hall–Kier alpha value is -0.470. The molecule has 0 fully saturated rings. The molecule has 0 amide bonds. The third-order valence-electron chi connectivity index (χ3n) is 3.59. The maximum Gasteiger partial charge on any atom is 0.0161 e. The molecule has 1 nitrogen and oxygen atoms in total. The molecule has 0 aromatic heterocycles. The lowest BCUT2D eigenvalue weighted by Crippen LogP contribution is -2.31. The number of hydrogen-bond acceptors (Lipinski definition) is 2. The normalized spacial score (nSPS) is 12.5. The zero-order valence-corrected chi connectivity index (χ0v) is 14.1. The van der Waals surface area contributed by atoms with Crippen LogP contribution in [0.25, 0.3) is 0 Å². The fraction of sp³-hybridized carbons (Fsp3) is 0.667. The molecule has 0 saturated heterocycles. The van der Waals surface area contributed by atoms with Gasteiger partial charge in [-0.1, -0.05) is 70.6 Å². The Morgan fingerprint density at radius 2 is 1.65 bits per heavy atom. The van der Waals surface area contributed by atoms with Crippen LogP contribution in [0.5, 0.6) is 0 Å². The van der Waals surface area contributed by atoms with Crippen LogP contribution in [0.3, 0.4) is 0 Å². The Labute approximate surface area is 129 Å².